The zero-order valence-electron chi connectivity index (χ0n) is 31.6. The Hall–Kier alpha value is -6.94. The van der Waals surface area contributed by atoms with E-state index in [0.29, 0.717) is 0 Å². The quantitative estimate of drug-likeness (QED) is 0.132. The van der Waals surface area contributed by atoms with Crippen molar-refractivity contribution in [3.8, 4) is 22.3 Å². The molecule has 12 rings (SSSR count). The van der Waals surface area contributed by atoms with Crippen LogP contribution in [0.15, 0.2) is 191 Å². The largest absolute Gasteiger partial charge is 0.456 e. The van der Waals surface area contributed by atoms with Crippen LogP contribution in [0.25, 0.3) is 109 Å². The lowest BCUT2D eigenvalue weighted by molar-refractivity contribution is 0.668. The van der Waals surface area contributed by atoms with E-state index in [4.69, 9.17) is 8.83 Å². The van der Waals surface area contributed by atoms with E-state index in [2.05, 4.69) is 195 Å². The van der Waals surface area contributed by atoms with Gasteiger partial charge in [-0.05, 0) is 114 Å². The number of furan rings is 2. The van der Waals surface area contributed by atoms with Crippen molar-refractivity contribution >= 4 is 105 Å². The molecule has 0 spiro atoms. The third kappa shape index (κ3) is 4.89. The van der Waals surface area contributed by atoms with Crippen molar-refractivity contribution in [3.05, 3.63) is 182 Å². The van der Waals surface area contributed by atoms with Gasteiger partial charge in [0.2, 0.25) is 0 Å². The fourth-order valence-corrected chi connectivity index (χ4v) is 11.8. The second-order valence-corrected chi connectivity index (χ2v) is 20.5. The van der Waals surface area contributed by atoms with Gasteiger partial charge in [-0.25, -0.2) is 0 Å². The molecule has 57 heavy (non-hydrogen) atoms. The van der Waals surface area contributed by atoms with Crippen molar-refractivity contribution in [1.82, 2.24) is 0 Å². The lowest BCUT2D eigenvalue weighted by Gasteiger charge is -2.24. The summed E-state index contributed by atoms with van der Waals surface area (Å²) in [6.45, 7) is 4.92. The molecule has 10 aromatic carbocycles. The fraction of sp³-hybridized carbons (Fsp3) is 0.0370. The average Bonchev–Trinajstić information content (AvgIpc) is 3.82. The van der Waals surface area contributed by atoms with Crippen LogP contribution in [-0.2, 0) is 0 Å². The van der Waals surface area contributed by atoms with E-state index >= 15 is 0 Å². The maximum Gasteiger partial charge on any atom is 0.135 e. The molecule has 0 unspecified atom stereocenters. The van der Waals surface area contributed by atoms with Gasteiger partial charge < -0.3 is 8.83 Å². The van der Waals surface area contributed by atoms with E-state index in [9.17, 15) is 0 Å². The van der Waals surface area contributed by atoms with Gasteiger partial charge >= 0.3 is 0 Å². The summed E-state index contributed by atoms with van der Waals surface area (Å²) in [6.07, 6.45) is 0. The Balaban J connectivity index is 0.976. The molecule has 0 amide bonds. The van der Waals surface area contributed by atoms with Crippen molar-refractivity contribution < 1.29 is 8.83 Å². The van der Waals surface area contributed by atoms with Gasteiger partial charge in [0.15, 0.2) is 0 Å². The van der Waals surface area contributed by atoms with Crippen LogP contribution in [-0.4, -0.2) is 8.07 Å². The molecule has 0 aliphatic carbocycles. The van der Waals surface area contributed by atoms with Crippen molar-refractivity contribution in [2.45, 2.75) is 13.1 Å². The molecule has 268 valence electrons. The summed E-state index contributed by atoms with van der Waals surface area (Å²) < 4.78 is 12.9. The Morgan fingerprint density at radius 3 is 1.09 bits per heavy atom. The molecular weight excluding hydrogens is 709 g/mol. The monoisotopic (exact) mass is 744 g/mol. The topological polar surface area (TPSA) is 26.3 Å². The van der Waals surface area contributed by atoms with E-state index < -0.39 is 8.07 Å². The van der Waals surface area contributed by atoms with Crippen LogP contribution in [0.3, 0.4) is 0 Å². The Kier molecular flexibility index (Phi) is 6.82. The SMILES string of the molecule is C[Si](C)(c1ccc2oc3ccc(-c4cc5ccccc5c5ccccc45)cc3c2c1)c1ccc2oc3ccc(-c4cc5ccccc5c5ccccc45)cc3c2c1. The maximum absolute atomic E-state index is 6.47. The molecule has 2 heterocycles. The molecule has 12 aromatic rings. The molecule has 3 heteroatoms. The minimum absolute atomic E-state index is 0.914. The summed E-state index contributed by atoms with van der Waals surface area (Å²) >= 11 is 0. The van der Waals surface area contributed by atoms with Crippen molar-refractivity contribution in [2.24, 2.45) is 0 Å². The predicted molar refractivity (Wildman–Crippen MR) is 245 cm³/mol. The third-order valence-corrected chi connectivity index (χ3v) is 16.0. The highest BCUT2D eigenvalue weighted by Crippen LogP contribution is 2.40. The first kappa shape index (κ1) is 32.3. The van der Waals surface area contributed by atoms with Crippen molar-refractivity contribution in [3.63, 3.8) is 0 Å². The number of rotatable bonds is 4. The van der Waals surface area contributed by atoms with Gasteiger partial charge in [-0.15, -0.1) is 0 Å². The van der Waals surface area contributed by atoms with Gasteiger partial charge in [0.05, 0.1) is 0 Å². The zero-order chi connectivity index (χ0) is 37.8. The molecule has 0 aliphatic rings. The minimum Gasteiger partial charge on any atom is -0.456 e. The molecule has 0 saturated carbocycles. The van der Waals surface area contributed by atoms with Gasteiger partial charge in [0.1, 0.15) is 30.4 Å². The van der Waals surface area contributed by atoms with Gasteiger partial charge in [-0.2, -0.15) is 0 Å². The molecule has 0 saturated heterocycles. The average molecular weight is 745 g/mol. The summed E-state index contributed by atoms with van der Waals surface area (Å²) in [7, 11) is -2.18. The van der Waals surface area contributed by atoms with Crippen LogP contribution in [0, 0.1) is 0 Å². The number of hydrogen-bond acceptors (Lipinski definition) is 2. The van der Waals surface area contributed by atoms with Gasteiger partial charge in [0, 0.05) is 21.5 Å². The Morgan fingerprint density at radius 2 is 0.649 bits per heavy atom. The molecule has 0 aliphatic heterocycles. The Morgan fingerprint density at radius 1 is 0.298 bits per heavy atom. The van der Waals surface area contributed by atoms with E-state index in [-0.39, 0.29) is 0 Å². The molecule has 0 radical (unpaired) electrons. The van der Waals surface area contributed by atoms with Crippen LogP contribution in [0.1, 0.15) is 0 Å². The highest BCUT2D eigenvalue weighted by atomic mass is 28.3. The summed E-state index contributed by atoms with van der Waals surface area (Å²) in [5.41, 5.74) is 8.54. The summed E-state index contributed by atoms with van der Waals surface area (Å²) in [5.74, 6) is 0. The van der Waals surface area contributed by atoms with Crippen molar-refractivity contribution in [2.75, 3.05) is 0 Å². The second kappa shape index (κ2) is 12.0. The molecule has 2 aromatic heterocycles. The molecule has 0 fully saturated rings. The number of hydrogen-bond donors (Lipinski definition) is 0. The molecule has 2 nitrogen and oxygen atoms in total. The highest BCUT2D eigenvalue weighted by molar-refractivity contribution is 7.00. The summed E-state index contributed by atoms with van der Waals surface area (Å²) in [6, 6.07) is 66.6. The number of benzene rings is 10. The maximum atomic E-state index is 6.47. The van der Waals surface area contributed by atoms with Crippen LogP contribution in [0.5, 0.6) is 0 Å². The van der Waals surface area contributed by atoms with Gasteiger partial charge in [0.25, 0.3) is 0 Å². The summed E-state index contributed by atoms with van der Waals surface area (Å²) in [4.78, 5) is 0. The van der Waals surface area contributed by atoms with Crippen LogP contribution in [0.4, 0.5) is 0 Å². The fourth-order valence-electron chi connectivity index (χ4n) is 9.42. The lowest BCUT2D eigenvalue weighted by Crippen LogP contribution is -2.52. The molecule has 0 bridgehead atoms. The first-order chi connectivity index (χ1) is 28.0. The molecular formula is C54H36O2Si. The first-order valence-electron chi connectivity index (χ1n) is 19.7. The lowest BCUT2D eigenvalue weighted by atomic mass is 9.93. The van der Waals surface area contributed by atoms with Gasteiger partial charge in [-0.1, -0.05) is 157 Å². The van der Waals surface area contributed by atoms with Crippen LogP contribution < -0.4 is 10.4 Å². The standard InChI is InChI=1S/C54H36O2Si/c1-57(2,37-21-25-53-49(31-37)47-29-35(19-23-51(47)55-53)45-27-33-11-3-5-13-39(33)41-15-7-9-17-43(41)45)38-22-26-54-50(32-38)48-30-36(20-24-52(48)56-54)46-28-34-12-4-6-14-40(34)42-16-8-10-18-44(42)46/h3-32H,1-2H3. The van der Waals surface area contributed by atoms with Crippen LogP contribution >= 0.6 is 0 Å². The first-order valence-corrected chi connectivity index (χ1v) is 22.7. The Labute approximate surface area is 330 Å². The van der Waals surface area contributed by atoms with E-state index in [1.807, 2.05) is 0 Å². The van der Waals surface area contributed by atoms with Crippen molar-refractivity contribution in [1.29, 1.82) is 0 Å². The summed E-state index contributed by atoms with van der Waals surface area (Å²) in [5, 5.41) is 17.5. The number of fused-ring (bicyclic) bond motifs is 12. The van der Waals surface area contributed by atoms with Gasteiger partial charge in [-0.3, -0.25) is 0 Å². The molecule has 0 atom stereocenters. The highest BCUT2D eigenvalue weighted by Gasteiger charge is 2.28. The van der Waals surface area contributed by atoms with E-state index in [1.165, 1.54) is 75.7 Å². The predicted octanol–water partition coefficient (Wildman–Crippen LogP) is 14.3. The second-order valence-electron chi connectivity index (χ2n) is 16.1. The Bertz CT molecular complexity index is 3380. The van der Waals surface area contributed by atoms with E-state index in [1.54, 1.807) is 0 Å². The third-order valence-electron chi connectivity index (χ3n) is 12.5. The molecule has 0 N–H and O–H groups in total. The van der Waals surface area contributed by atoms with E-state index in [0.717, 1.165) is 43.9 Å². The smallest absolute Gasteiger partial charge is 0.135 e. The zero-order valence-corrected chi connectivity index (χ0v) is 32.6. The van der Waals surface area contributed by atoms with Crippen LogP contribution in [0.2, 0.25) is 13.1 Å². The normalized spacial score (nSPS) is 12.4. The minimum atomic E-state index is -2.18.